The third-order valence-electron chi connectivity index (χ3n) is 1.94. The smallest absolute Gasteiger partial charge is 0.264 e. The van der Waals surface area contributed by atoms with E-state index in [-0.39, 0.29) is 11.3 Å². The molecule has 0 aromatic carbocycles. The van der Waals surface area contributed by atoms with Gasteiger partial charge in [0.2, 0.25) is 0 Å². The van der Waals surface area contributed by atoms with E-state index in [0.29, 0.717) is 0 Å². The van der Waals surface area contributed by atoms with Crippen molar-refractivity contribution in [1.82, 2.24) is 0 Å². The van der Waals surface area contributed by atoms with Gasteiger partial charge in [0.05, 0.1) is 5.75 Å². The first-order chi connectivity index (χ1) is 4.63. The fourth-order valence-electron chi connectivity index (χ4n) is 0.566. The minimum atomic E-state index is -3.77. The topological polar surface area (TPSA) is 54.4 Å². The van der Waals surface area contributed by atoms with E-state index in [1.807, 2.05) is 6.92 Å². The Labute approximate surface area is 69.6 Å². The molecule has 5 heteroatoms. The van der Waals surface area contributed by atoms with E-state index in [9.17, 15) is 8.42 Å². The van der Waals surface area contributed by atoms with E-state index in [1.54, 1.807) is 0 Å². The third-order valence-corrected chi connectivity index (χ3v) is 6.32. The Morgan fingerprint density at radius 1 is 1.36 bits per heavy atom. The van der Waals surface area contributed by atoms with E-state index in [2.05, 4.69) is 19.6 Å². The molecule has 0 radical (unpaired) electrons. The lowest BCUT2D eigenvalue weighted by Gasteiger charge is -2.23. The Hall–Kier alpha value is 0.127. The van der Waals surface area contributed by atoms with Crippen LogP contribution in [0, 0.1) is 0 Å². The van der Waals surface area contributed by atoms with Gasteiger partial charge in [-0.05, 0) is 5.54 Å². The van der Waals surface area contributed by atoms with Crippen molar-refractivity contribution in [3.63, 3.8) is 0 Å². The van der Waals surface area contributed by atoms with E-state index in [0.717, 1.165) is 0 Å². The Morgan fingerprint density at radius 2 is 1.73 bits per heavy atom. The number of hydrogen-bond donors (Lipinski definition) is 1. The van der Waals surface area contributed by atoms with Crippen LogP contribution in [0.4, 0.5) is 0 Å². The van der Waals surface area contributed by atoms with Crippen LogP contribution >= 0.6 is 0 Å². The molecule has 0 aliphatic carbocycles. The largest absolute Gasteiger partial charge is 0.286 e. The van der Waals surface area contributed by atoms with Gasteiger partial charge < -0.3 is 0 Å². The van der Waals surface area contributed by atoms with Crippen LogP contribution in [0.1, 0.15) is 6.92 Å². The van der Waals surface area contributed by atoms with Crippen molar-refractivity contribution in [2.45, 2.75) is 32.1 Å². The standard InChI is InChI=1S/C6H16O3SSi/c1-6(11(2,3)4)5-10(7,8)9/h6H,5H2,1-4H3,(H,7,8,9). The van der Waals surface area contributed by atoms with Crippen molar-refractivity contribution in [3.8, 4) is 0 Å². The van der Waals surface area contributed by atoms with Gasteiger partial charge >= 0.3 is 0 Å². The molecular weight excluding hydrogens is 180 g/mol. The molecule has 0 saturated carbocycles. The van der Waals surface area contributed by atoms with Crippen molar-refractivity contribution in [2.75, 3.05) is 5.75 Å². The van der Waals surface area contributed by atoms with Crippen molar-refractivity contribution >= 4 is 18.2 Å². The summed E-state index contributed by atoms with van der Waals surface area (Å²) in [5.41, 5.74) is 0.109. The molecule has 0 spiro atoms. The van der Waals surface area contributed by atoms with Crippen LogP contribution in [0.2, 0.25) is 25.2 Å². The lowest BCUT2D eigenvalue weighted by Crippen LogP contribution is -2.30. The molecule has 68 valence electrons. The molecular formula is C6H16O3SSi. The Kier molecular flexibility index (Phi) is 3.28. The monoisotopic (exact) mass is 196 g/mol. The molecule has 0 saturated heterocycles. The molecule has 1 atom stereocenters. The molecule has 1 unspecified atom stereocenters. The summed E-state index contributed by atoms with van der Waals surface area (Å²) in [6, 6.07) is 0. The van der Waals surface area contributed by atoms with Crippen molar-refractivity contribution in [3.05, 3.63) is 0 Å². The molecule has 0 aliphatic heterocycles. The Morgan fingerprint density at radius 3 is 1.82 bits per heavy atom. The summed E-state index contributed by atoms with van der Waals surface area (Å²) in [6.45, 7) is 8.13. The Bertz CT molecular complexity index is 214. The summed E-state index contributed by atoms with van der Waals surface area (Å²) in [5, 5.41) is 0. The zero-order valence-electron chi connectivity index (χ0n) is 7.46. The highest BCUT2D eigenvalue weighted by molar-refractivity contribution is 7.85. The molecule has 0 aromatic rings. The highest BCUT2D eigenvalue weighted by Crippen LogP contribution is 2.21. The summed E-state index contributed by atoms with van der Waals surface area (Å²) in [4.78, 5) is 0. The van der Waals surface area contributed by atoms with Crippen LogP contribution in [0.15, 0.2) is 0 Å². The zero-order chi connectivity index (χ0) is 9.28. The third kappa shape index (κ3) is 5.40. The second-order valence-electron chi connectivity index (χ2n) is 4.02. The quantitative estimate of drug-likeness (QED) is 0.551. The average molecular weight is 196 g/mol. The minimum Gasteiger partial charge on any atom is -0.286 e. The van der Waals surface area contributed by atoms with Crippen LogP contribution in [0.5, 0.6) is 0 Å². The van der Waals surface area contributed by atoms with Crippen LogP contribution in [-0.2, 0) is 10.1 Å². The SMILES string of the molecule is CC(CS(=O)(=O)O)[Si](C)(C)C. The molecule has 0 heterocycles. The maximum Gasteiger partial charge on any atom is 0.264 e. The molecule has 11 heavy (non-hydrogen) atoms. The van der Waals surface area contributed by atoms with Crippen molar-refractivity contribution in [2.24, 2.45) is 0 Å². The lowest BCUT2D eigenvalue weighted by atomic mass is 10.6. The van der Waals surface area contributed by atoms with Gasteiger partial charge in [-0.3, -0.25) is 4.55 Å². The van der Waals surface area contributed by atoms with E-state index >= 15 is 0 Å². The summed E-state index contributed by atoms with van der Waals surface area (Å²) in [5.74, 6) is -0.0945. The van der Waals surface area contributed by atoms with Crippen molar-refractivity contribution < 1.29 is 13.0 Å². The number of rotatable bonds is 3. The van der Waals surface area contributed by atoms with E-state index < -0.39 is 18.2 Å². The zero-order valence-corrected chi connectivity index (χ0v) is 9.27. The molecule has 0 rings (SSSR count). The highest BCUT2D eigenvalue weighted by Gasteiger charge is 2.26. The van der Waals surface area contributed by atoms with Crippen LogP contribution < -0.4 is 0 Å². The first kappa shape index (κ1) is 11.1. The molecule has 0 aromatic heterocycles. The Balaban J connectivity index is 4.21. The molecule has 0 bridgehead atoms. The van der Waals surface area contributed by atoms with Gasteiger partial charge in [-0.25, -0.2) is 0 Å². The molecule has 1 N–H and O–H groups in total. The lowest BCUT2D eigenvalue weighted by molar-refractivity contribution is 0.481. The van der Waals surface area contributed by atoms with Gasteiger partial charge in [0, 0.05) is 8.07 Å². The van der Waals surface area contributed by atoms with Crippen LogP contribution in [0.3, 0.4) is 0 Å². The predicted molar refractivity (Wildman–Crippen MR) is 49.2 cm³/mol. The maximum absolute atomic E-state index is 10.5. The predicted octanol–water partition coefficient (Wildman–Crippen LogP) is 1.60. The van der Waals surface area contributed by atoms with Gasteiger partial charge in [-0.15, -0.1) is 0 Å². The van der Waals surface area contributed by atoms with Crippen LogP contribution in [-0.4, -0.2) is 26.8 Å². The van der Waals surface area contributed by atoms with Crippen molar-refractivity contribution in [1.29, 1.82) is 0 Å². The molecule has 0 aliphatic rings. The highest BCUT2D eigenvalue weighted by atomic mass is 32.2. The summed E-state index contributed by atoms with van der Waals surface area (Å²) >= 11 is 0. The molecule has 0 fully saturated rings. The molecule has 0 amide bonds. The second kappa shape index (κ2) is 3.24. The van der Waals surface area contributed by atoms with Gasteiger partial charge in [0.25, 0.3) is 10.1 Å². The fraction of sp³-hybridized carbons (Fsp3) is 1.00. The summed E-state index contributed by atoms with van der Waals surface area (Å²) in [7, 11) is -5.18. The van der Waals surface area contributed by atoms with Crippen LogP contribution in [0.25, 0.3) is 0 Å². The number of hydrogen-bond acceptors (Lipinski definition) is 2. The summed E-state index contributed by atoms with van der Waals surface area (Å²) in [6.07, 6.45) is 0. The fourth-order valence-corrected chi connectivity index (χ4v) is 3.83. The molecule has 3 nitrogen and oxygen atoms in total. The van der Waals surface area contributed by atoms with E-state index in [1.165, 1.54) is 0 Å². The summed E-state index contributed by atoms with van der Waals surface area (Å²) < 4.78 is 29.5. The average Bonchev–Trinajstić information content (AvgIpc) is 1.56. The minimum absolute atomic E-state index is 0.0945. The maximum atomic E-state index is 10.5. The van der Waals surface area contributed by atoms with Gasteiger partial charge in [0.1, 0.15) is 0 Å². The first-order valence-corrected chi connectivity index (χ1v) is 8.77. The van der Waals surface area contributed by atoms with Gasteiger partial charge in [-0.1, -0.05) is 26.6 Å². The van der Waals surface area contributed by atoms with E-state index in [4.69, 9.17) is 4.55 Å². The normalized spacial score (nSPS) is 16.5. The van der Waals surface area contributed by atoms with Gasteiger partial charge in [0.15, 0.2) is 0 Å². The second-order valence-corrected chi connectivity index (χ2v) is 11.2. The first-order valence-electron chi connectivity index (χ1n) is 3.58. The van der Waals surface area contributed by atoms with Gasteiger partial charge in [-0.2, -0.15) is 8.42 Å².